The van der Waals surface area contributed by atoms with Crippen LogP contribution in [0.3, 0.4) is 0 Å². The van der Waals surface area contributed by atoms with E-state index < -0.39 is 0 Å². The normalized spacial score (nSPS) is 10.6. The van der Waals surface area contributed by atoms with Gasteiger partial charge < -0.3 is 11.5 Å². The van der Waals surface area contributed by atoms with E-state index in [0.29, 0.717) is 0 Å². The van der Waals surface area contributed by atoms with E-state index in [9.17, 15) is 0 Å². The van der Waals surface area contributed by atoms with Gasteiger partial charge in [0, 0.05) is 6.21 Å². The lowest BCUT2D eigenvalue weighted by Crippen LogP contribution is -2.21. The van der Waals surface area contributed by atoms with Crippen LogP contribution in [0, 0.1) is 0 Å². The summed E-state index contributed by atoms with van der Waals surface area (Å²) in [5.74, 6) is 0.0178. The Balaban J connectivity index is 3.13. The van der Waals surface area contributed by atoms with Crippen molar-refractivity contribution in [2.24, 2.45) is 21.7 Å². The zero-order valence-corrected chi connectivity index (χ0v) is 9.08. The summed E-state index contributed by atoms with van der Waals surface area (Å²) in [5, 5.41) is 7.23. The maximum atomic E-state index is 5.10. The zero-order chi connectivity index (χ0) is 10.6. The van der Waals surface area contributed by atoms with Gasteiger partial charge in [-0.2, -0.15) is 5.10 Å². The summed E-state index contributed by atoms with van der Waals surface area (Å²) in [4.78, 5) is 0. The fraction of sp³-hybridized carbons (Fsp3) is 0.800. The van der Waals surface area contributed by atoms with E-state index in [2.05, 4.69) is 17.1 Å². The minimum Gasteiger partial charge on any atom is -0.369 e. The molecule has 0 atom stereocenters. The van der Waals surface area contributed by atoms with Gasteiger partial charge in [-0.15, -0.1) is 5.10 Å². The van der Waals surface area contributed by atoms with Gasteiger partial charge in [0.25, 0.3) is 0 Å². The number of rotatable bonds is 8. The molecule has 0 spiro atoms. The summed E-state index contributed by atoms with van der Waals surface area (Å²) < 4.78 is 0. The highest BCUT2D eigenvalue weighted by Crippen LogP contribution is 2.05. The van der Waals surface area contributed by atoms with E-state index in [1.807, 2.05) is 0 Å². The molecule has 0 fully saturated rings. The van der Waals surface area contributed by atoms with Crippen molar-refractivity contribution >= 4 is 12.2 Å². The Hall–Kier alpha value is -1.06. The van der Waals surface area contributed by atoms with Crippen LogP contribution in [0.1, 0.15) is 51.9 Å². The van der Waals surface area contributed by atoms with Gasteiger partial charge in [0.1, 0.15) is 0 Å². The first kappa shape index (κ1) is 12.9. The third kappa shape index (κ3) is 10.9. The number of nitrogens with two attached hydrogens (primary N) is 2. The van der Waals surface area contributed by atoms with Crippen molar-refractivity contribution in [2.75, 3.05) is 0 Å². The topological polar surface area (TPSA) is 76.8 Å². The third-order valence-electron chi connectivity index (χ3n) is 1.94. The lowest BCUT2D eigenvalue weighted by molar-refractivity contribution is 0.616. The van der Waals surface area contributed by atoms with Gasteiger partial charge in [0.2, 0.25) is 5.96 Å². The second-order valence-corrected chi connectivity index (χ2v) is 3.38. The molecular formula is C10H22N4. The molecule has 0 radical (unpaired) electrons. The summed E-state index contributed by atoms with van der Waals surface area (Å²) in [6.45, 7) is 2.22. The molecule has 0 saturated carbocycles. The van der Waals surface area contributed by atoms with E-state index >= 15 is 0 Å². The van der Waals surface area contributed by atoms with E-state index in [0.717, 1.165) is 6.42 Å². The molecule has 0 rings (SSSR count). The van der Waals surface area contributed by atoms with Crippen molar-refractivity contribution in [1.29, 1.82) is 0 Å². The molecule has 0 unspecified atom stereocenters. The Bertz CT molecular complexity index is 171. The number of hydrogen-bond acceptors (Lipinski definition) is 2. The van der Waals surface area contributed by atoms with E-state index in [1.165, 1.54) is 38.5 Å². The molecule has 4 nitrogen and oxygen atoms in total. The molecule has 14 heavy (non-hydrogen) atoms. The van der Waals surface area contributed by atoms with Crippen LogP contribution in [0.4, 0.5) is 0 Å². The molecule has 0 amide bonds. The lowest BCUT2D eigenvalue weighted by atomic mass is 10.1. The van der Waals surface area contributed by atoms with Crippen molar-refractivity contribution in [3.8, 4) is 0 Å². The summed E-state index contributed by atoms with van der Waals surface area (Å²) in [7, 11) is 0. The first-order valence-electron chi connectivity index (χ1n) is 5.37. The molecule has 4 N–H and O–H groups in total. The highest BCUT2D eigenvalue weighted by atomic mass is 15.3. The lowest BCUT2D eigenvalue weighted by Gasteiger charge is -1.96. The number of unbranched alkanes of at least 4 members (excludes halogenated alkanes) is 6. The average molecular weight is 198 g/mol. The molecule has 0 aromatic rings. The molecule has 0 aliphatic rings. The second-order valence-electron chi connectivity index (χ2n) is 3.38. The summed E-state index contributed by atoms with van der Waals surface area (Å²) >= 11 is 0. The van der Waals surface area contributed by atoms with E-state index in [4.69, 9.17) is 11.5 Å². The first-order valence-corrected chi connectivity index (χ1v) is 5.37. The van der Waals surface area contributed by atoms with Gasteiger partial charge in [-0.05, 0) is 12.8 Å². The van der Waals surface area contributed by atoms with E-state index in [1.54, 1.807) is 6.21 Å². The van der Waals surface area contributed by atoms with Crippen LogP contribution in [0.25, 0.3) is 0 Å². The van der Waals surface area contributed by atoms with Crippen molar-refractivity contribution in [3.63, 3.8) is 0 Å². The Morgan fingerprint density at radius 1 is 1.07 bits per heavy atom. The quantitative estimate of drug-likeness (QED) is 0.271. The molecule has 4 heteroatoms. The van der Waals surface area contributed by atoms with Gasteiger partial charge in [-0.1, -0.05) is 39.0 Å². The summed E-state index contributed by atoms with van der Waals surface area (Å²) in [5.41, 5.74) is 10.2. The highest BCUT2D eigenvalue weighted by Gasteiger charge is 1.88. The maximum absolute atomic E-state index is 5.10. The summed E-state index contributed by atoms with van der Waals surface area (Å²) in [6, 6.07) is 0. The Morgan fingerprint density at radius 2 is 1.71 bits per heavy atom. The van der Waals surface area contributed by atoms with Crippen LogP contribution in [0.15, 0.2) is 10.2 Å². The zero-order valence-electron chi connectivity index (χ0n) is 9.08. The molecule has 0 aromatic heterocycles. The number of hydrogen-bond donors (Lipinski definition) is 2. The molecule has 0 aromatic carbocycles. The first-order chi connectivity index (χ1) is 6.77. The SMILES string of the molecule is CCCCCCCC/C=N\N=C(N)N. The maximum Gasteiger partial charge on any atom is 0.211 e. The van der Waals surface area contributed by atoms with Crippen LogP contribution in [-0.2, 0) is 0 Å². The fourth-order valence-corrected chi connectivity index (χ4v) is 1.18. The van der Waals surface area contributed by atoms with Crippen molar-refractivity contribution in [1.82, 2.24) is 0 Å². The summed E-state index contributed by atoms with van der Waals surface area (Å²) in [6.07, 6.45) is 10.5. The van der Waals surface area contributed by atoms with Crippen LogP contribution >= 0.6 is 0 Å². The minimum absolute atomic E-state index is 0.0178. The Morgan fingerprint density at radius 3 is 2.36 bits per heavy atom. The Labute approximate surface area is 86.5 Å². The minimum atomic E-state index is 0.0178. The van der Waals surface area contributed by atoms with Crippen LogP contribution in [0.5, 0.6) is 0 Å². The Kier molecular flexibility index (Phi) is 9.26. The van der Waals surface area contributed by atoms with Crippen LogP contribution in [0.2, 0.25) is 0 Å². The van der Waals surface area contributed by atoms with Crippen molar-refractivity contribution in [2.45, 2.75) is 51.9 Å². The van der Waals surface area contributed by atoms with Crippen LogP contribution in [-0.4, -0.2) is 12.2 Å². The highest BCUT2D eigenvalue weighted by molar-refractivity contribution is 5.76. The standard InChI is InChI=1S/C10H22N4/c1-2-3-4-5-6-7-8-9-13-14-10(11)12/h9H,2-8H2,1H3,(H4,11,12,14)/b13-9-. The van der Waals surface area contributed by atoms with Crippen LogP contribution < -0.4 is 11.5 Å². The van der Waals surface area contributed by atoms with E-state index in [-0.39, 0.29) is 5.96 Å². The van der Waals surface area contributed by atoms with Crippen molar-refractivity contribution in [3.05, 3.63) is 0 Å². The van der Waals surface area contributed by atoms with Gasteiger partial charge in [-0.25, -0.2) is 0 Å². The predicted octanol–water partition coefficient (Wildman–Crippen LogP) is 2.00. The van der Waals surface area contributed by atoms with Gasteiger partial charge in [-0.3, -0.25) is 0 Å². The predicted molar refractivity (Wildman–Crippen MR) is 62.3 cm³/mol. The van der Waals surface area contributed by atoms with Gasteiger partial charge >= 0.3 is 0 Å². The average Bonchev–Trinajstić information content (AvgIpc) is 2.15. The molecule has 0 bridgehead atoms. The molecule has 0 saturated heterocycles. The van der Waals surface area contributed by atoms with Gasteiger partial charge in [0.05, 0.1) is 0 Å². The smallest absolute Gasteiger partial charge is 0.211 e. The molecular weight excluding hydrogens is 176 g/mol. The third-order valence-corrected chi connectivity index (χ3v) is 1.94. The molecule has 0 heterocycles. The second kappa shape index (κ2) is 10.0. The largest absolute Gasteiger partial charge is 0.369 e. The van der Waals surface area contributed by atoms with Crippen molar-refractivity contribution < 1.29 is 0 Å². The number of guanidine groups is 1. The molecule has 0 aliphatic carbocycles. The fourth-order valence-electron chi connectivity index (χ4n) is 1.18. The number of nitrogens with zero attached hydrogens (tertiary/aromatic N) is 2. The molecule has 82 valence electrons. The van der Waals surface area contributed by atoms with Gasteiger partial charge in [0.15, 0.2) is 0 Å². The molecule has 0 aliphatic heterocycles. The monoisotopic (exact) mass is 198 g/mol.